The molecule has 0 aliphatic heterocycles. The van der Waals surface area contributed by atoms with Crippen LogP contribution < -0.4 is 14.8 Å². The molecule has 3 rings (SSSR count). The number of sulfonamides is 1. The zero-order valence-corrected chi connectivity index (χ0v) is 19.2. The van der Waals surface area contributed by atoms with Crippen molar-refractivity contribution in [1.82, 2.24) is 0 Å². The third kappa shape index (κ3) is 5.62. The summed E-state index contributed by atoms with van der Waals surface area (Å²) in [6.07, 6.45) is 0. The van der Waals surface area contributed by atoms with Gasteiger partial charge in [-0.15, -0.1) is 0 Å². The molecule has 0 unspecified atom stereocenters. The van der Waals surface area contributed by atoms with Crippen LogP contribution in [-0.2, 0) is 10.0 Å². The molecule has 0 spiro atoms. The molecule has 162 valence electrons. The second kappa shape index (κ2) is 9.78. The highest BCUT2D eigenvalue weighted by Gasteiger charge is 2.20. The maximum absolute atomic E-state index is 12.9. The number of rotatable bonds is 7. The molecule has 31 heavy (non-hydrogen) atoms. The van der Waals surface area contributed by atoms with Crippen LogP contribution in [0, 0.1) is 0 Å². The molecule has 2 N–H and O–H groups in total. The lowest BCUT2D eigenvalue weighted by Gasteiger charge is -2.15. The van der Waals surface area contributed by atoms with Crippen molar-refractivity contribution in [3.05, 3.63) is 81.3 Å². The first-order chi connectivity index (χ1) is 14.7. The first kappa shape index (κ1) is 23.2. The van der Waals surface area contributed by atoms with E-state index in [1.807, 2.05) is 0 Å². The molecule has 0 radical (unpaired) electrons. The standard InChI is InChI=1S/C21H17Cl3N2O4S/c1-2-30-19-11-10-15(31(28,29)26-20-16(23)4-3-5-17(20)24)12-18(19)25-21(27)13-6-8-14(22)9-7-13/h3-12,26H,2H2,1H3,(H,25,27). The number of carbonyl (C=O) groups is 1. The number of hydrogen-bond donors (Lipinski definition) is 2. The fourth-order valence-corrected chi connectivity index (χ4v) is 4.50. The number of benzene rings is 3. The van der Waals surface area contributed by atoms with Crippen LogP contribution in [0.3, 0.4) is 0 Å². The number of ether oxygens (including phenoxy) is 1. The number of carbonyl (C=O) groups excluding carboxylic acids is 1. The number of amides is 1. The Kier molecular flexibility index (Phi) is 7.33. The van der Waals surface area contributed by atoms with Crippen LogP contribution >= 0.6 is 34.8 Å². The predicted octanol–water partition coefficient (Wildman–Crippen LogP) is 6.10. The normalized spacial score (nSPS) is 11.1. The average molecular weight is 500 g/mol. The van der Waals surface area contributed by atoms with Gasteiger partial charge in [0.15, 0.2) is 0 Å². The van der Waals surface area contributed by atoms with Crippen molar-refractivity contribution in [2.24, 2.45) is 0 Å². The Labute approximate surface area is 195 Å². The summed E-state index contributed by atoms with van der Waals surface area (Å²) in [4.78, 5) is 12.5. The smallest absolute Gasteiger partial charge is 0.262 e. The minimum atomic E-state index is -4.06. The maximum Gasteiger partial charge on any atom is 0.262 e. The highest BCUT2D eigenvalue weighted by molar-refractivity contribution is 7.92. The molecular weight excluding hydrogens is 483 g/mol. The molecule has 3 aromatic rings. The fraction of sp³-hybridized carbons (Fsp3) is 0.0952. The molecule has 0 aromatic heterocycles. The van der Waals surface area contributed by atoms with Crippen LogP contribution in [0.2, 0.25) is 15.1 Å². The van der Waals surface area contributed by atoms with Crippen molar-refractivity contribution in [2.75, 3.05) is 16.6 Å². The number of para-hydroxylation sites is 1. The summed E-state index contributed by atoms with van der Waals surface area (Å²) in [5, 5.41) is 3.47. The highest BCUT2D eigenvalue weighted by atomic mass is 35.5. The van der Waals surface area contributed by atoms with Crippen molar-refractivity contribution in [3.63, 3.8) is 0 Å². The van der Waals surface area contributed by atoms with Gasteiger partial charge >= 0.3 is 0 Å². The van der Waals surface area contributed by atoms with Crippen molar-refractivity contribution >= 4 is 62.1 Å². The van der Waals surface area contributed by atoms with Gasteiger partial charge < -0.3 is 10.1 Å². The van der Waals surface area contributed by atoms with Gasteiger partial charge in [-0.05, 0) is 61.5 Å². The van der Waals surface area contributed by atoms with Crippen LogP contribution in [0.4, 0.5) is 11.4 Å². The molecule has 1 amide bonds. The van der Waals surface area contributed by atoms with Gasteiger partial charge in [0.2, 0.25) is 0 Å². The van der Waals surface area contributed by atoms with Gasteiger partial charge in [-0.2, -0.15) is 0 Å². The quantitative estimate of drug-likeness (QED) is 0.411. The van der Waals surface area contributed by atoms with Crippen LogP contribution in [0.25, 0.3) is 0 Å². The highest BCUT2D eigenvalue weighted by Crippen LogP contribution is 2.34. The van der Waals surface area contributed by atoms with E-state index in [9.17, 15) is 13.2 Å². The summed E-state index contributed by atoms with van der Waals surface area (Å²) in [7, 11) is -4.06. The van der Waals surface area contributed by atoms with Crippen LogP contribution in [0.5, 0.6) is 5.75 Å². The Morgan fingerprint density at radius 1 is 0.968 bits per heavy atom. The van der Waals surface area contributed by atoms with Gasteiger partial charge in [0.1, 0.15) is 5.75 Å². The van der Waals surface area contributed by atoms with Gasteiger partial charge in [0.25, 0.3) is 15.9 Å². The Hall–Kier alpha value is -2.45. The molecule has 0 bridgehead atoms. The minimum absolute atomic E-state index is 0.0615. The van der Waals surface area contributed by atoms with Crippen LogP contribution in [-0.4, -0.2) is 20.9 Å². The first-order valence-corrected chi connectivity index (χ1v) is 11.6. The molecule has 0 fully saturated rings. The predicted molar refractivity (Wildman–Crippen MR) is 124 cm³/mol. The Balaban J connectivity index is 1.95. The molecule has 3 aromatic carbocycles. The molecule has 0 atom stereocenters. The first-order valence-electron chi connectivity index (χ1n) is 9.02. The van der Waals surface area contributed by atoms with Crippen LogP contribution in [0.15, 0.2) is 65.6 Å². The van der Waals surface area contributed by atoms with Gasteiger partial charge in [-0.3, -0.25) is 9.52 Å². The summed E-state index contributed by atoms with van der Waals surface area (Å²) in [5.41, 5.74) is 0.600. The zero-order chi connectivity index (χ0) is 22.6. The maximum atomic E-state index is 12.9. The summed E-state index contributed by atoms with van der Waals surface area (Å²) in [6, 6.07) is 15.0. The number of anilines is 2. The summed E-state index contributed by atoms with van der Waals surface area (Å²) >= 11 is 18.0. The minimum Gasteiger partial charge on any atom is -0.492 e. The van der Waals surface area contributed by atoms with E-state index in [0.29, 0.717) is 22.9 Å². The number of halogens is 3. The average Bonchev–Trinajstić information content (AvgIpc) is 2.72. The largest absolute Gasteiger partial charge is 0.492 e. The Morgan fingerprint density at radius 2 is 1.61 bits per heavy atom. The van der Waals surface area contributed by atoms with Gasteiger partial charge in [-0.1, -0.05) is 40.9 Å². The molecule has 0 saturated carbocycles. The molecule has 0 aliphatic carbocycles. The summed E-state index contributed by atoms with van der Waals surface area (Å²) in [6.45, 7) is 2.10. The van der Waals surface area contributed by atoms with E-state index in [0.717, 1.165) is 0 Å². The van der Waals surface area contributed by atoms with E-state index in [1.165, 1.54) is 30.3 Å². The molecule has 0 saturated heterocycles. The third-order valence-corrected chi connectivity index (χ3v) is 6.34. The Bertz CT molecular complexity index is 1200. The number of hydrogen-bond acceptors (Lipinski definition) is 4. The molecule has 0 aliphatic rings. The van der Waals surface area contributed by atoms with Gasteiger partial charge in [0, 0.05) is 10.6 Å². The van der Waals surface area contributed by atoms with Crippen molar-refractivity contribution in [3.8, 4) is 5.75 Å². The second-order valence-corrected chi connectivity index (χ2v) is 9.19. The SMILES string of the molecule is CCOc1ccc(S(=O)(=O)Nc2c(Cl)cccc2Cl)cc1NC(=O)c1ccc(Cl)cc1. The molecular formula is C21H17Cl3N2O4S. The van der Waals surface area contributed by atoms with Gasteiger partial charge in [0.05, 0.1) is 32.9 Å². The van der Waals surface area contributed by atoms with E-state index in [-0.39, 0.29) is 26.3 Å². The van der Waals surface area contributed by atoms with E-state index in [2.05, 4.69) is 10.0 Å². The van der Waals surface area contributed by atoms with E-state index in [4.69, 9.17) is 39.5 Å². The van der Waals surface area contributed by atoms with Crippen LogP contribution in [0.1, 0.15) is 17.3 Å². The lowest BCUT2D eigenvalue weighted by Crippen LogP contribution is -2.16. The van der Waals surface area contributed by atoms with E-state index >= 15 is 0 Å². The van der Waals surface area contributed by atoms with Crippen molar-refractivity contribution < 1.29 is 17.9 Å². The fourth-order valence-electron chi connectivity index (χ4n) is 2.64. The topological polar surface area (TPSA) is 84.5 Å². The summed E-state index contributed by atoms with van der Waals surface area (Å²) in [5.74, 6) is -0.131. The third-order valence-electron chi connectivity index (χ3n) is 4.11. The monoisotopic (exact) mass is 498 g/mol. The second-order valence-electron chi connectivity index (χ2n) is 6.25. The van der Waals surface area contributed by atoms with Gasteiger partial charge in [-0.25, -0.2) is 8.42 Å². The molecule has 0 heterocycles. The van der Waals surface area contributed by atoms with Crippen molar-refractivity contribution in [1.29, 1.82) is 0 Å². The molecule has 6 nitrogen and oxygen atoms in total. The van der Waals surface area contributed by atoms with E-state index in [1.54, 1.807) is 37.3 Å². The Morgan fingerprint density at radius 3 is 2.23 bits per heavy atom. The summed E-state index contributed by atoms with van der Waals surface area (Å²) < 4.78 is 33.8. The van der Waals surface area contributed by atoms with E-state index < -0.39 is 15.9 Å². The van der Waals surface area contributed by atoms with Crippen molar-refractivity contribution in [2.45, 2.75) is 11.8 Å². The molecule has 10 heteroatoms. The zero-order valence-electron chi connectivity index (χ0n) is 16.2. The lowest BCUT2D eigenvalue weighted by molar-refractivity contribution is 0.102. The number of nitrogens with one attached hydrogen (secondary N) is 2. The lowest BCUT2D eigenvalue weighted by atomic mass is 10.2.